The second kappa shape index (κ2) is 5.57. The molecule has 1 aromatic rings. The van der Waals surface area contributed by atoms with Crippen molar-refractivity contribution in [3.8, 4) is 0 Å². The Hall–Kier alpha value is -1.29. The lowest BCUT2D eigenvalue weighted by Gasteiger charge is -2.19. The van der Waals surface area contributed by atoms with Gasteiger partial charge in [-0.05, 0) is 44.1 Å². The average Bonchev–Trinajstić information content (AvgIpc) is 2.84. The first-order valence-electron chi connectivity index (χ1n) is 6.29. The van der Waals surface area contributed by atoms with E-state index in [1.165, 1.54) is 18.9 Å². The highest BCUT2D eigenvalue weighted by molar-refractivity contribution is 5.97. The quantitative estimate of drug-likeness (QED) is 0.769. The standard InChI is InChI=1S/C14H17F2NO/c1-10(9-17-6-2-3-7-17)14(18)11-4-5-12(15)13(16)8-11/h4-5,8,10H,2-3,6-7,9H2,1H3. The van der Waals surface area contributed by atoms with Crippen molar-refractivity contribution in [2.45, 2.75) is 19.8 Å². The van der Waals surface area contributed by atoms with Crippen molar-refractivity contribution >= 4 is 5.78 Å². The lowest BCUT2D eigenvalue weighted by Crippen LogP contribution is -2.29. The highest BCUT2D eigenvalue weighted by atomic mass is 19.2. The van der Waals surface area contributed by atoms with E-state index in [0.29, 0.717) is 6.54 Å². The topological polar surface area (TPSA) is 20.3 Å². The third-order valence-corrected chi connectivity index (χ3v) is 3.38. The summed E-state index contributed by atoms with van der Waals surface area (Å²) in [5, 5.41) is 0. The van der Waals surface area contributed by atoms with Gasteiger partial charge >= 0.3 is 0 Å². The maximum absolute atomic E-state index is 13.1. The van der Waals surface area contributed by atoms with E-state index >= 15 is 0 Å². The molecule has 1 aliphatic rings. The molecule has 0 saturated carbocycles. The Labute approximate surface area is 106 Å². The molecule has 4 heteroatoms. The number of hydrogen-bond donors (Lipinski definition) is 0. The Kier molecular flexibility index (Phi) is 4.07. The number of carbonyl (C=O) groups excluding carboxylic acids is 1. The van der Waals surface area contributed by atoms with Gasteiger partial charge in [0, 0.05) is 18.0 Å². The number of rotatable bonds is 4. The molecule has 0 amide bonds. The molecule has 0 radical (unpaired) electrons. The molecule has 1 unspecified atom stereocenters. The lowest BCUT2D eigenvalue weighted by molar-refractivity contribution is 0.0902. The van der Waals surface area contributed by atoms with Crippen molar-refractivity contribution in [1.29, 1.82) is 0 Å². The van der Waals surface area contributed by atoms with Gasteiger partial charge in [0.25, 0.3) is 0 Å². The van der Waals surface area contributed by atoms with E-state index < -0.39 is 11.6 Å². The van der Waals surface area contributed by atoms with Crippen molar-refractivity contribution in [3.05, 3.63) is 35.4 Å². The molecule has 0 bridgehead atoms. The summed E-state index contributed by atoms with van der Waals surface area (Å²) in [4.78, 5) is 14.3. The minimum Gasteiger partial charge on any atom is -0.303 e. The predicted molar refractivity (Wildman–Crippen MR) is 65.5 cm³/mol. The van der Waals surface area contributed by atoms with Crippen LogP contribution in [0.2, 0.25) is 0 Å². The highest BCUT2D eigenvalue weighted by Gasteiger charge is 2.21. The molecule has 2 rings (SSSR count). The van der Waals surface area contributed by atoms with Gasteiger partial charge < -0.3 is 4.90 Å². The Bertz CT molecular complexity index is 441. The third kappa shape index (κ3) is 2.93. The Balaban J connectivity index is 2.02. The van der Waals surface area contributed by atoms with Crippen molar-refractivity contribution in [3.63, 3.8) is 0 Å². The molecule has 1 aromatic carbocycles. The van der Waals surface area contributed by atoms with Crippen LogP contribution in [0.5, 0.6) is 0 Å². The highest BCUT2D eigenvalue weighted by Crippen LogP contribution is 2.16. The van der Waals surface area contributed by atoms with Gasteiger partial charge in [0.1, 0.15) is 0 Å². The zero-order valence-corrected chi connectivity index (χ0v) is 10.5. The molecule has 0 aliphatic carbocycles. The number of Topliss-reactive ketones (excluding diaryl/α,β-unsaturated/α-hetero) is 1. The van der Waals surface area contributed by atoms with Gasteiger partial charge in [0.2, 0.25) is 0 Å². The molecule has 0 spiro atoms. The molecular formula is C14H17F2NO. The summed E-state index contributed by atoms with van der Waals surface area (Å²) in [6.07, 6.45) is 2.35. The molecule has 0 aromatic heterocycles. The van der Waals surface area contributed by atoms with Crippen LogP contribution in [-0.2, 0) is 0 Å². The summed E-state index contributed by atoms with van der Waals surface area (Å²) in [6.45, 7) is 4.57. The Morgan fingerprint density at radius 1 is 1.28 bits per heavy atom. The van der Waals surface area contributed by atoms with Gasteiger partial charge in [0.05, 0.1) is 0 Å². The van der Waals surface area contributed by atoms with Crippen LogP contribution in [-0.4, -0.2) is 30.3 Å². The maximum atomic E-state index is 13.1. The number of hydrogen-bond acceptors (Lipinski definition) is 2. The normalized spacial score (nSPS) is 17.9. The number of benzene rings is 1. The van der Waals surface area contributed by atoms with Crippen LogP contribution in [0.3, 0.4) is 0 Å². The van der Waals surface area contributed by atoms with E-state index in [1.54, 1.807) is 0 Å². The van der Waals surface area contributed by atoms with E-state index in [9.17, 15) is 13.6 Å². The van der Waals surface area contributed by atoms with Gasteiger partial charge in [-0.15, -0.1) is 0 Å². The lowest BCUT2D eigenvalue weighted by atomic mass is 9.99. The van der Waals surface area contributed by atoms with Crippen LogP contribution in [0.1, 0.15) is 30.1 Å². The van der Waals surface area contributed by atoms with Crippen LogP contribution in [0.25, 0.3) is 0 Å². The van der Waals surface area contributed by atoms with Crippen LogP contribution in [0.15, 0.2) is 18.2 Å². The fourth-order valence-electron chi connectivity index (χ4n) is 2.37. The van der Waals surface area contributed by atoms with Crippen molar-refractivity contribution in [2.24, 2.45) is 5.92 Å². The number of carbonyl (C=O) groups is 1. The fourth-order valence-corrected chi connectivity index (χ4v) is 2.37. The minimum absolute atomic E-state index is 0.124. The number of nitrogens with zero attached hydrogens (tertiary/aromatic N) is 1. The first kappa shape index (κ1) is 13.1. The molecule has 1 atom stereocenters. The van der Waals surface area contributed by atoms with Crippen LogP contribution >= 0.6 is 0 Å². The smallest absolute Gasteiger partial charge is 0.167 e. The SMILES string of the molecule is CC(CN1CCCC1)C(=O)c1ccc(F)c(F)c1. The summed E-state index contributed by atoms with van der Waals surface area (Å²) >= 11 is 0. The molecule has 18 heavy (non-hydrogen) atoms. The van der Waals surface area contributed by atoms with Crippen molar-refractivity contribution in [2.75, 3.05) is 19.6 Å². The second-order valence-electron chi connectivity index (χ2n) is 4.90. The maximum Gasteiger partial charge on any atom is 0.167 e. The molecule has 0 N–H and O–H groups in total. The fraction of sp³-hybridized carbons (Fsp3) is 0.500. The number of likely N-dealkylation sites (tertiary alicyclic amines) is 1. The number of ketones is 1. The molecule has 1 saturated heterocycles. The first-order chi connectivity index (χ1) is 8.58. The molecular weight excluding hydrogens is 236 g/mol. The molecule has 1 heterocycles. The Morgan fingerprint density at radius 2 is 1.94 bits per heavy atom. The van der Waals surface area contributed by atoms with Gasteiger partial charge in [-0.25, -0.2) is 8.78 Å². The zero-order valence-electron chi connectivity index (χ0n) is 10.5. The summed E-state index contributed by atoms with van der Waals surface area (Å²) in [6, 6.07) is 3.34. The van der Waals surface area contributed by atoms with Gasteiger partial charge in [-0.1, -0.05) is 6.92 Å². The zero-order chi connectivity index (χ0) is 13.1. The van der Waals surface area contributed by atoms with Gasteiger partial charge in [-0.3, -0.25) is 4.79 Å². The van der Waals surface area contributed by atoms with Crippen LogP contribution in [0.4, 0.5) is 8.78 Å². The van der Waals surface area contributed by atoms with Crippen LogP contribution < -0.4 is 0 Å². The summed E-state index contributed by atoms with van der Waals surface area (Å²) < 4.78 is 25.9. The second-order valence-corrected chi connectivity index (χ2v) is 4.90. The molecule has 1 aliphatic heterocycles. The van der Waals surface area contributed by atoms with Crippen molar-refractivity contribution in [1.82, 2.24) is 4.90 Å². The average molecular weight is 253 g/mol. The van der Waals surface area contributed by atoms with E-state index in [0.717, 1.165) is 25.2 Å². The van der Waals surface area contributed by atoms with E-state index in [2.05, 4.69) is 4.90 Å². The largest absolute Gasteiger partial charge is 0.303 e. The van der Waals surface area contributed by atoms with Crippen LogP contribution in [0, 0.1) is 17.6 Å². The van der Waals surface area contributed by atoms with E-state index in [4.69, 9.17) is 0 Å². The van der Waals surface area contributed by atoms with E-state index in [-0.39, 0.29) is 17.3 Å². The summed E-state index contributed by atoms with van der Waals surface area (Å²) in [5.41, 5.74) is 0.251. The van der Waals surface area contributed by atoms with Gasteiger partial charge in [0.15, 0.2) is 17.4 Å². The monoisotopic (exact) mass is 253 g/mol. The molecule has 2 nitrogen and oxygen atoms in total. The van der Waals surface area contributed by atoms with Crippen molar-refractivity contribution < 1.29 is 13.6 Å². The molecule has 1 fully saturated rings. The Morgan fingerprint density at radius 3 is 2.56 bits per heavy atom. The number of halogens is 2. The first-order valence-corrected chi connectivity index (χ1v) is 6.29. The molecule has 98 valence electrons. The van der Waals surface area contributed by atoms with E-state index in [1.807, 2.05) is 6.92 Å². The summed E-state index contributed by atoms with van der Waals surface area (Å²) in [5.74, 6) is -2.19. The summed E-state index contributed by atoms with van der Waals surface area (Å²) in [7, 11) is 0. The minimum atomic E-state index is -0.964. The third-order valence-electron chi connectivity index (χ3n) is 3.38. The van der Waals surface area contributed by atoms with Gasteiger partial charge in [-0.2, -0.15) is 0 Å². The predicted octanol–water partition coefficient (Wildman–Crippen LogP) is 2.88.